The van der Waals surface area contributed by atoms with Gasteiger partial charge >= 0.3 is 12.4 Å². The van der Waals surface area contributed by atoms with Crippen LogP contribution in [0, 0.1) is 0 Å². The van der Waals surface area contributed by atoms with Crippen molar-refractivity contribution in [2.75, 3.05) is 0 Å². The number of benzene rings is 1. The molecule has 2 nitrogen and oxygen atoms in total. The highest BCUT2D eigenvalue weighted by molar-refractivity contribution is 5.85. The first-order chi connectivity index (χ1) is 7.53. The zero-order valence-corrected chi connectivity index (χ0v) is 9.33. The van der Waals surface area contributed by atoms with Crippen LogP contribution in [0.3, 0.4) is 0 Å². The molecule has 3 N–H and O–H groups in total. The van der Waals surface area contributed by atoms with E-state index >= 15 is 0 Å². The van der Waals surface area contributed by atoms with Gasteiger partial charge in [0.1, 0.15) is 11.8 Å². The van der Waals surface area contributed by atoms with Crippen molar-refractivity contribution >= 4 is 12.4 Å². The van der Waals surface area contributed by atoms with Gasteiger partial charge in [-0.25, -0.2) is 0 Å². The Morgan fingerprint density at radius 1 is 1.06 bits per heavy atom. The van der Waals surface area contributed by atoms with E-state index in [9.17, 15) is 26.3 Å². The lowest BCUT2D eigenvalue weighted by molar-refractivity contribution is -0.150. The molecule has 0 unspecified atom stereocenters. The third-order valence-corrected chi connectivity index (χ3v) is 2.04. The van der Waals surface area contributed by atoms with Crippen LogP contribution in [0.5, 0.6) is 5.75 Å². The number of aromatic hydroxyl groups is 1. The van der Waals surface area contributed by atoms with E-state index in [1.165, 1.54) is 0 Å². The number of rotatable bonds is 1. The average molecular weight is 296 g/mol. The molecular weight excluding hydrogens is 288 g/mol. The van der Waals surface area contributed by atoms with E-state index in [0.717, 1.165) is 0 Å². The first kappa shape index (κ1) is 16.9. The molecule has 0 fully saturated rings. The third-order valence-electron chi connectivity index (χ3n) is 2.04. The fourth-order valence-corrected chi connectivity index (χ4v) is 1.16. The molecule has 0 spiro atoms. The second-order valence-electron chi connectivity index (χ2n) is 3.29. The Labute approximate surface area is 104 Å². The Balaban J connectivity index is 0.00000289. The summed E-state index contributed by atoms with van der Waals surface area (Å²) in [4.78, 5) is 0. The largest absolute Gasteiger partial charge is 0.508 e. The minimum absolute atomic E-state index is 0. The summed E-state index contributed by atoms with van der Waals surface area (Å²) < 4.78 is 73.4. The smallest absolute Gasteiger partial charge is 0.416 e. The molecule has 0 radical (unpaired) electrons. The molecule has 0 heterocycles. The summed E-state index contributed by atoms with van der Waals surface area (Å²) in [7, 11) is 0. The number of phenols is 1. The maximum atomic E-state index is 12.3. The van der Waals surface area contributed by atoms with Gasteiger partial charge < -0.3 is 10.8 Å². The predicted octanol–water partition coefficient (Wildman–Crippen LogP) is 3.39. The Morgan fingerprint density at radius 3 is 1.94 bits per heavy atom. The highest BCUT2D eigenvalue weighted by Gasteiger charge is 2.40. The number of alkyl halides is 6. The molecule has 0 bridgehead atoms. The van der Waals surface area contributed by atoms with Gasteiger partial charge in [-0.3, -0.25) is 0 Å². The maximum Gasteiger partial charge on any atom is 0.416 e. The van der Waals surface area contributed by atoms with Gasteiger partial charge in [0.25, 0.3) is 0 Å². The maximum absolute atomic E-state index is 12.3. The van der Waals surface area contributed by atoms with Gasteiger partial charge in [-0.15, -0.1) is 12.4 Å². The van der Waals surface area contributed by atoms with Gasteiger partial charge in [0, 0.05) is 5.56 Å². The van der Waals surface area contributed by atoms with Crippen LogP contribution >= 0.6 is 12.4 Å². The van der Waals surface area contributed by atoms with Crippen molar-refractivity contribution in [3.05, 3.63) is 29.3 Å². The SMILES string of the molecule is Cl.N[C@H](c1cc(C(F)(F)F)ccc1O)C(F)(F)F. The Kier molecular flexibility index (Phi) is 4.90. The van der Waals surface area contributed by atoms with Gasteiger partial charge in [-0.05, 0) is 18.2 Å². The van der Waals surface area contributed by atoms with Gasteiger partial charge in [-0.2, -0.15) is 26.3 Å². The van der Waals surface area contributed by atoms with Crippen molar-refractivity contribution < 1.29 is 31.4 Å². The molecule has 0 aliphatic heterocycles. The summed E-state index contributed by atoms with van der Waals surface area (Å²) in [6.45, 7) is 0. The van der Waals surface area contributed by atoms with Crippen LogP contribution in [-0.4, -0.2) is 11.3 Å². The molecule has 0 saturated carbocycles. The summed E-state index contributed by atoms with van der Waals surface area (Å²) in [5.74, 6) is -0.928. The Morgan fingerprint density at radius 2 is 1.56 bits per heavy atom. The number of nitrogens with two attached hydrogens (primary N) is 1. The monoisotopic (exact) mass is 295 g/mol. The second kappa shape index (κ2) is 5.23. The van der Waals surface area contributed by atoms with Crippen molar-refractivity contribution in [1.82, 2.24) is 0 Å². The van der Waals surface area contributed by atoms with Gasteiger partial charge in [0.15, 0.2) is 0 Å². The first-order valence-corrected chi connectivity index (χ1v) is 4.26. The Bertz CT molecular complexity index is 416. The van der Waals surface area contributed by atoms with Crippen molar-refractivity contribution in [2.45, 2.75) is 18.4 Å². The third kappa shape index (κ3) is 3.67. The van der Waals surface area contributed by atoms with E-state index in [2.05, 4.69) is 0 Å². The molecule has 18 heavy (non-hydrogen) atoms. The molecular formula is C9H8ClF6NO. The van der Waals surface area contributed by atoms with Crippen molar-refractivity contribution in [1.29, 1.82) is 0 Å². The number of halogens is 7. The molecule has 1 rings (SSSR count). The summed E-state index contributed by atoms with van der Waals surface area (Å²) in [5.41, 5.74) is 2.42. The molecule has 9 heteroatoms. The van der Waals surface area contributed by atoms with Crippen molar-refractivity contribution in [3.8, 4) is 5.75 Å². The van der Waals surface area contributed by atoms with Crippen LogP contribution in [0.2, 0.25) is 0 Å². The standard InChI is InChI=1S/C9H7F6NO.ClH/c10-8(11,12)4-1-2-6(17)5(3-4)7(16)9(13,14)15;/h1-3,7,17H,16H2;1H/t7-;/m1./s1. The molecule has 1 atom stereocenters. The number of phenolic OH excluding ortho intramolecular Hbond substituents is 1. The van der Waals surface area contributed by atoms with Crippen molar-refractivity contribution in [3.63, 3.8) is 0 Å². The summed E-state index contributed by atoms with van der Waals surface area (Å²) >= 11 is 0. The second-order valence-corrected chi connectivity index (χ2v) is 3.29. The predicted molar refractivity (Wildman–Crippen MR) is 53.3 cm³/mol. The minimum atomic E-state index is -4.93. The zero-order chi connectivity index (χ0) is 13.4. The van der Waals surface area contributed by atoms with Crippen LogP contribution in [0.25, 0.3) is 0 Å². The molecule has 0 aliphatic carbocycles. The van der Waals surface area contributed by atoms with E-state index < -0.39 is 35.3 Å². The minimum Gasteiger partial charge on any atom is -0.508 e. The number of hydrogen-bond acceptors (Lipinski definition) is 2. The fraction of sp³-hybridized carbons (Fsp3) is 0.333. The first-order valence-electron chi connectivity index (χ1n) is 4.26. The molecule has 0 aliphatic rings. The Hall–Kier alpha value is -1.15. The van der Waals surface area contributed by atoms with Crippen molar-refractivity contribution in [2.24, 2.45) is 5.73 Å². The normalized spacial score (nSPS) is 13.9. The van der Waals surface area contributed by atoms with E-state index in [0.29, 0.717) is 12.1 Å². The van der Waals surface area contributed by atoms with Gasteiger partial charge in [0.05, 0.1) is 5.56 Å². The van der Waals surface area contributed by atoms with Gasteiger partial charge in [0.2, 0.25) is 0 Å². The highest BCUT2D eigenvalue weighted by atomic mass is 35.5. The molecule has 0 saturated heterocycles. The van der Waals surface area contributed by atoms with Crippen LogP contribution in [-0.2, 0) is 6.18 Å². The highest BCUT2D eigenvalue weighted by Crippen LogP contribution is 2.38. The van der Waals surface area contributed by atoms with Crippen LogP contribution < -0.4 is 5.73 Å². The summed E-state index contributed by atoms with van der Waals surface area (Å²) in [5, 5.41) is 9.09. The fourth-order valence-electron chi connectivity index (χ4n) is 1.16. The quantitative estimate of drug-likeness (QED) is 0.780. The molecule has 0 amide bonds. The van der Waals surface area contributed by atoms with Gasteiger partial charge in [-0.1, -0.05) is 0 Å². The lowest BCUT2D eigenvalue weighted by Crippen LogP contribution is -2.28. The lowest BCUT2D eigenvalue weighted by atomic mass is 10.0. The topological polar surface area (TPSA) is 46.2 Å². The van der Waals surface area contributed by atoms with Crippen LogP contribution in [0.15, 0.2) is 18.2 Å². The van der Waals surface area contributed by atoms with E-state index in [1.54, 1.807) is 0 Å². The number of hydrogen-bond donors (Lipinski definition) is 2. The molecule has 104 valence electrons. The molecule has 1 aromatic carbocycles. The molecule has 0 aromatic heterocycles. The van der Waals surface area contributed by atoms with Crippen LogP contribution in [0.1, 0.15) is 17.2 Å². The molecule has 1 aromatic rings. The average Bonchev–Trinajstić information content (AvgIpc) is 2.14. The van der Waals surface area contributed by atoms with E-state index in [1.807, 2.05) is 0 Å². The van der Waals surface area contributed by atoms with E-state index in [4.69, 9.17) is 10.8 Å². The van der Waals surface area contributed by atoms with Crippen LogP contribution in [0.4, 0.5) is 26.3 Å². The summed E-state index contributed by atoms with van der Waals surface area (Å²) in [6.07, 6.45) is -9.73. The van der Waals surface area contributed by atoms with E-state index in [-0.39, 0.29) is 18.5 Å². The zero-order valence-electron chi connectivity index (χ0n) is 8.51. The lowest BCUT2D eigenvalue weighted by Gasteiger charge is -2.18. The summed E-state index contributed by atoms with van der Waals surface area (Å²) in [6, 6.07) is -1.47.